The normalized spacial score (nSPS) is 14.1. The fourth-order valence-corrected chi connectivity index (χ4v) is 4.91. The monoisotopic (exact) mass is 426 g/mol. The predicted octanol–water partition coefficient (Wildman–Crippen LogP) is 3.32. The zero-order chi connectivity index (χ0) is 20.6. The number of sulfonamides is 1. The lowest BCUT2D eigenvalue weighted by molar-refractivity contribution is -0.113. The molecule has 4 rings (SSSR count). The number of nitrogens with one attached hydrogen (secondary N) is 1. The van der Waals surface area contributed by atoms with E-state index in [0.717, 1.165) is 23.0 Å². The van der Waals surface area contributed by atoms with Gasteiger partial charge in [0.1, 0.15) is 4.90 Å². The number of amides is 1. The Labute approximate surface area is 173 Å². The Morgan fingerprint density at radius 3 is 2.62 bits per heavy atom. The average Bonchev–Trinajstić information content (AvgIpc) is 2.72. The van der Waals surface area contributed by atoms with Gasteiger partial charge >= 0.3 is 0 Å². The number of aromatic nitrogens is 2. The predicted molar refractivity (Wildman–Crippen MR) is 114 cm³/mol. The highest BCUT2D eigenvalue weighted by Crippen LogP contribution is 2.41. The number of carbonyl (C=O) groups is 1. The van der Waals surface area contributed by atoms with Gasteiger partial charge in [-0.2, -0.15) is 0 Å². The first kappa shape index (κ1) is 19.4. The van der Waals surface area contributed by atoms with Crippen LogP contribution in [0.15, 0.2) is 64.8 Å². The van der Waals surface area contributed by atoms with Crippen molar-refractivity contribution in [2.75, 3.05) is 22.4 Å². The quantitative estimate of drug-likeness (QED) is 0.508. The lowest BCUT2D eigenvalue weighted by Gasteiger charge is -2.28. The van der Waals surface area contributed by atoms with E-state index >= 15 is 0 Å². The average molecular weight is 427 g/mol. The number of para-hydroxylation sites is 1. The van der Waals surface area contributed by atoms with Gasteiger partial charge < -0.3 is 5.32 Å². The molecular formula is C20H18N4O3S2. The summed E-state index contributed by atoms with van der Waals surface area (Å²) >= 11 is 1.16. The van der Waals surface area contributed by atoms with Crippen molar-refractivity contribution in [3.63, 3.8) is 0 Å². The molecule has 0 atom stereocenters. The zero-order valence-electron chi connectivity index (χ0n) is 15.8. The molecule has 9 heteroatoms. The topological polar surface area (TPSA) is 92.3 Å². The van der Waals surface area contributed by atoms with Crippen molar-refractivity contribution in [1.29, 1.82) is 0 Å². The van der Waals surface area contributed by atoms with Crippen molar-refractivity contribution in [1.82, 2.24) is 9.97 Å². The maximum Gasteiger partial charge on any atom is 0.267 e. The molecule has 0 saturated heterocycles. The molecule has 0 unspecified atom stereocenters. The van der Waals surface area contributed by atoms with E-state index < -0.39 is 10.0 Å². The Hall–Kier alpha value is -2.91. The van der Waals surface area contributed by atoms with Crippen LogP contribution in [0.3, 0.4) is 0 Å². The highest BCUT2D eigenvalue weighted by atomic mass is 32.2. The van der Waals surface area contributed by atoms with Gasteiger partial charge in [0.15, 0.2) is 5.16 Å². The van der Waals surface area contributed by atoms with Crippen molar-refractivity contribution in [3.05, 3.63) is 60.3 Å². The third kappa shape index (κ3) is 3.70. The number of fused-ring (bicyclic) bond motifs is 3. The summed E-state index contributed by atoms with van der Waals surface area (Å²) in [4.78, 5) is 20.9. The molecule has 1 amide bonds. The first-order valence-electron chi connectivity index (χ1n) is 8.81. The molecular weight excluding hydrogens is 408 g/mol. The van der Waals surface area contributed by atoms with Crippen molar-refractivity contribution in [2.24, 2.45) is 0 Å². The van der Waals surface area contributed by atoms with Crippen molar-refractivity contribution in [3.8, 4) is 11.3 Å². The molecule has 0 bridgehead atoms. The molecule has 1 aliphatic heterocycles. The highest BCUT2D eigenvalue weighted by Gasteiger charge is 2.34. The Bertz CT molecular complexity index is 1190. The van der Waals surface area contributed by atoms with Crippen LogP contribution in [0.25, 0.3) is 11.3 Å². The second-order valence-corrected chi connectivity index (χ2v) is 9.44. The third-order valence-electron chi connectivity index (χ3n) is 4.54. The fourth-order valence-electron chi connectivity index (χ4n) is 3.00. The van der Waals surface area contributed by atoms with E-state index in [1.165, 1.54) is 17.5 Å². The molecule has 2 heterocycles. The molecule has 3 aromatic rings. The fraction of sp³-hybridized carbons (Fsp3) is 0.150. The van der Waals surface area contributed by atoms with Crippen molar-refractivity contribution < 1.29 is 13.2 Å². The lowest BCUT2D eigenvalue weighted by atomic mass is 10.1. The molecule has 29 heavy (non-hydrogen) atoms. The SMILES string of the molecule is Cc1ccc(NC(=O)CSc2ncc3c(n2)-c2ccccc2N(C)S3(=O)=O)cc1. The largest absolute Gasteiger partial charge is 0.325 e. The Kier molecular flexibility index (Phi) is 5.01. The molecule has 148 valence electrons. The zero-order valence-corrected chi connectivity index (χ0v) is 17.4. The molecule has 0 aliphatic carbocycles. The Morgan fingerprint density at radius 2 is 1.86 bits per heavy atom. The second kappa shape index (κ2) is 7.49. The van der Waals surface area contributed by atoms with Crippen LogP contribution in [0.5, 0.6) is 0 Å². The van der Waals surface area contributed by atoms with Gasteiger partial charge in [-0.1, -0.05) is 47.7 Å². The Balaban J connectivity index is 1.56. The van der Waals surface area contributed by atoms with Gasteiger partial charge in [-0.3, -0.25) is 9.10 Å². The summed E-state index contributed by atoms with van der Waals surface area (Å²) in [6.07, 6.45) is 1.31. The maximum atomic E-state index is 12.7. The van der Waals surface area contributed by atoms with E-state index in [4.69, 9.17) is 0 Å². The van der Waals surface area contributed by atoms with Gasteiger partial charge in [0.05, 0.1) is 23.3 Å². The van der Waals surface area contributed by atoms with E-state index in [2.05, 4.69) is 15.3 Å². The van der Waals surface area contributed by atoms with Crippen LogP contribution in [-0.2, 0) is 14.8 Å². The number of carbonyl (C=O) groups excluding carboxylic acids is 1. The lowest BCUT2D eigenvalue weighted by Crippen LogP contribution is -2.31. The summed E-state index contributed by atoms with van der Waals surface area (Å²) in [7, 11) is -2.20. The van der Waals surface area contributed by atoms with Gasteiger partial charge in [-0.25, -0.2) is 18.4 Å². The summed E-state index contributed by atoms with van der Waals surface area (Å²) in [5.74, 6) is -0.0750. The summed E-state index contributed by atoms with van der Waals surface area (Å²) in [6.45, 7) is 1.98. The third-order valence-corrected chi connectivity index (χ3v) is 7.17. The number of nitrogens with zero attached hydrogens (tertiary/aromatic N) is 3. The van der Waals surface area contributed by atoms with Crippen LogP contribution in [-0.4, -0.2) is 37.1 Å². The van der Waals surface area contributed by atoms with Crippen LogP contribution in [0.2, 0.25) is 0 Å². The van der Waals surface area contributed by atoms with Crippen LogP contribution in [0, 0.1) is 6.92 Å². The first-order valence-corrected chi connectivity index (χ1v) is 11.2. The molecule has 1 aliphatic rings. The number of thioether (sulfide) groups is 1. The minimum absolute atomic E-state index is 0.0622. The van der Waals surface area contributed by atoms with E-state index in [0.29, 0.717) is 22.1 Å². The molecule has 7 nitrogen and oxygen atoms in total. The van der Waals surface area contributed by atoms with Crippen molar-refractivity contribution >= 4 is 39.1 Å². The molecule has 0 saturated carbocycles. The number of hydrogen-bond acceptors (Lipinski definition) is 6. The minimum atomic E-state index is -3.71. The van der Waals surface area contributed by atoms with E-state index in [1.807, 2.05) is 43.3 Å². The first-order chi connectivity index (χ1) is 13.9. The molecule has 1 aromatic heterocycles. The summed E-state index contributed by atoms with van der Waals surface area (Å²) in [5.41, 5.74) is 3.46. The minimum Gasteiger partial charge on any atom is -0.325 e. The number of hydrogen-bond donors (Lipinski definition) is 1. The smallest absolute Gasteiger partial charge is 0.267 e. The summed E-state index contributed by atoms with van der Waals surface area (Å²) < 4.78 is 26.7. The van der Waals surface area contributed by atoms with Crippen LogP contribution >= 0.6 is 11.8 Å². The standard InChI is InChI=1S/C20H18N4O3S2/c1-13-7-9-14(10-8-13)22-18(25)12-28-20-21-11-17-19(23-20)15-5-3-4-6-16(15)24(2)29(17,26)27/h3-11H,12H2,1-2H3,(H,22,25). The van der Waals surface area contributed by atoms with Gasteiger partial charge in [0.25, 0.3) is 10.0 Å². The highest BCUT2D eigenvalue weighted by molar-refractivity contribution is 7.99. The Morgan fingerprint density at radius 1 is 1.14 bits per heavy atom. The number of anilines is 2. The van der Waals surface area contributed by atoms with Crippen molar-refractivity contribution in [2.45, 2.75) is 17.0 Å². The number of benzene rings is 2. The van der Waals surface area contributed by atoms with Gasteiger partial charge in [-0.15, -0.1) is 0 Å². The van der Waals surface area contributed by atoms with Crippen LogP contribution < -0.4 is 9.62 Å². The number of aryl methyl sites for hydroxylation is 1. The van der Waals surface area contributed by atoms with Gasteiger partial charge in [-0.05, 0) is 25.1 Å². The van der Waals surface area contributed by atoms with E-state index in [-0.39, 0.29) is 16.6 Å². The maximum absolute atomic E-state index is 12.7. The summed E-state index contributed by atoms with van der Waals surface area (Å²) in [5, 5.41) is 3.16. The second-order valence-electron chi connectivity index (χ2n) is 6.56. The summed E-state index contributed by atoms with van der Waals surface area (Å²) in [6, 6.07) is 14.7. The molecule has 0 spiro atoms. The molecule has 0 radical (unpaired) electrons. The molecule has 0 fully saturated rings. The molecule has 2 aromatic carbocycles. The van der Waals surface area contributed by atoms with Gasteiger partial charge in [0.2, 0.25) is 5.91 Å². The van der Waals surface area contributed by atoms with E-state index in [1.54, 1.807) is 12.1 Å². The molecule has 1 N–H and O–H groups in total. The van der Waals surface area contributed by atoms with Crippen LogP contribution in [0.4, 0.5) is 11.4 Å². The number of rotatable bonds is 4. The van der Waals surface area contributed by atoms with E-state index in [9.17, 15) is 13.2 Å². The van der Waals surface area contributed by atoms with Gasteiger partial charge in [0, 0.05) is 18.3 Å². The van der Waals surface area contributed by atoms with Crippen LogP contribution in [0.1, 0.15) is 5.56 Å².